The van der Waals surface area contributed by atoms with Gasteiger partial charge in [-0.1, -0.05) is 25.0 Å². The van der Waals surface area contributed by atoms with Crippen molar-refractivity contribution in [2.24, 2.45) is 5.73 Å². The highest BCUT2D eigenvalue weighted by Crippen LogP contribution is 2.26. The van der Waals surface area contributed by atoms with E-state index in [-0.39, 0.29) is 0 Å². The van der Waals surface area contributed by atoms with E-state index < -0.39 is 0 Å². The van der Waals surface area contributed by atoms with Crippen LogP contribution in [0.5, 0.6) is 0 Å². The third-order valence-electron chi connectivity index (χ3n) is 3.03. The minimum atomic E-state index is 0.297. The Kier molecular flexibility index (Phi) is 3.65. The summed E-state index contributed by atoms with van der Waals surface area (Å²) in [4.78, 5) is 0. The van der Waals surface area contributed by atoms with Gasteiger partial charge in [-0.3, -0.25) is 0 Å². The Labute approximate surface area is 99.4 Å². The van der Waals surface area contributed by atoms with Gasteiger partial charge in [0.15, 0.2) is 0 Å². The predicted octanol–water partition coefficient (Wildman–Crippen LogP) is 3.13. The lowest BCUT2D eigenvalue weighted by Crippen LogP contribution is -2.42. The average molecular weight is 269 g/mol. The molecule has 0 heterocycles. The molecular formula is C12H17BrN2. The van der Waals surface area contributed by atoms with E-state index in [9.17, 15) is 0 Å². The van der Waals surface area contributed by atoms with Crippen LogP contribution in [0.1, 0.15) is 25.7 Å². The summed E-state index contributed by atoms with van der Waals surface area (Å²) in [5.74, 6) is 0. The summed E-state index contributed by atoms with van der Waals surface area (Å²) in [6, 6.07) is 8.93. The first-order chi connectivity index (χ1) is 7.27. The zero-order chi connectivity index (χ0) is 10.7. The minimum Gasteiger partial charge on any atom is -0.380 e. The smallest absolute Gasteiger partial charge is 0.0487 e. The Bertz CT molecular complexity index is 327. The van der Waals surface area contributed by atoms with Gasteiger partial charge in [0.05, 0.1) is 0 Å². The SMILES string of the molecule is N[C@H]1CCCC[C@@H]1Nc1ccccc1Br. The standard InChI is InChI=1S/C12H17BrN2/c13-9-5-1-3-7-11(9)15-12-8-4-2-6-10(12)14/h1,3,5,7,10,12,15H,2,4,6,8,14H2/t10-,12-/m0/s1. The second-order valence-electron chi connectivity index (χ2n) is 4.18. The molecule has 0 bridgehead atoms. The number of rotatable bonds is 2. The van der Waals surface area contributed by atoms with Gasteiger partial charge in [-0.15, -0.1) is 0 Å². The fraction of sp³-hybridized carbons (Fsp3) is 0.500. The molecule has 0 aliphatic heterocycles. The Balaban J connectivity index is 2.04. The highest BCUT2D eigenvalue weighted by molar-refractivity contribution is 9.10. The molecule has 1 fully saturated rings. The molecule has 0 amide bonds. The van der Waals surface area contributed by atoms with Crippen LogP contribution in [0.2, 0.25) is 0 Å². The van der Waals surface area contributed by atoms with E-state index in [1.54, 1.807) is 0 Å². The zero-order valence-corrected chi connectivity index (χ0v) is 10.3. The molecule has 2 atom stereocenters. The van der Waals surface area contributed by atoms with Gasteiger partial charge >= 0.3 is 0 Å². The molecule has 1 saturated carbocycles. The van der Waals surface area contributed by atoms with Crippen molar-refractivity contribution in [3.63, 3.8) is 0 Å². The summed E-state index contributed by atoms with van der Waals surface area (Å²) < 4.78 is 1.11. The third kappa shape index (κ3) is 2.73. The van der Waals surface area contributed by atoms with Crippen molar-refractivity contribution < 1.29 is 0 Å². The first kappa shape index (κ1) is 11.0. The molecule has 3 heteroatoms. The van der Waals surface area contributed by atoms with Gasteiger partial charge < -0.3 is 11.1 Å². The van der Waals surface area contributed by atoms with Crippen molar-refractivity contribution >= 4 is 21.6 Å². The first-order valence-corrected chi connectivity index (χ1v) is 6.33. The fourth-order valence-corrected chi connectivity index (χ4v) is 2.52. The summed E-state index contributed by atoms with van der Waals surface area (Å²) in [7, 11) is 0. The first-order valence-electron chi connectivity index (χ1n) is 5.54. The zero-order valence-electron chi connectivity index (χ0n) is 8.75. The van der Waals surface area contributed by atoms with Crippen molar-refractivity contribution in [3.05, 3.63) is 28.7 Å². The molecule has 0 aromatic heterocycles. The molecule has 1 aliphatic carbocycles. The van der Waals surface area contributed by atoms with Crippen LogP contribution >= 0.6 is 15.9 Å². The summed E-state index contributed by atoms with van der Waals surface area (Å²) >= 11 is 3.54. The molecule has 1 aromatic carbocycles. The van der Waals surface area contributed by atoms with Gasteiger partial charge in [-0.25, -0.2) is 0 Å². The van der Waals surface area contributed by atoms with Crippen molar-refractivity contribution in [1.82, 2.24) is 0 Å². The van der Waals surface area contributed by atoms with Gasteiger partial charge in [0.25, 0.3) is 0 Å². The Morgan fingerprint density at radius 1 is 1.20 bits per heavy atom. The largest absolute Gasteiger partial charge is 0.380 e. The quantitative estimate of drug-likeness (QED) is 0.865. The molecular weight excluding hydrogens is 252 g/mol. The third-order valence-corrected chi connectivity index (χ3v) is 3.73. The maximum atomic E-state index is 6.10. The number of nitrogens with two attached hydrogens (primary N) is 1. The summed E-state index contributed by atoms with van der Waals surface area (Å²) in [6.07, 6.45) is 4.88. The van der Waals surface area contributed by atoms with Crippen LogP contribution in [-0.4, -0.2) is 12.1 Å². The molecule has 1 aliphatic rings. The lowest BCUT2D eigenvalue weighted by atomic mass is 9.91. The molecule has 0 spiro atoms. The van der Waals surface area contributed by atoms with E-state index in [2.05, 4.69) is 33.4 Å². The van der Waals surface area contributed by atoms with Crippen molar-refractivity contribution in [3.8, 4) is 0 Å². The highest BCUT2D eigenvalue weighted by atomic mass is 79.9. The van der Waals surface area contributed by atoms with Crippen LogP contribution in [0, 0.1) is 0 Å². The molecule has 2 nitrogen and oxygen atoms in total. The van der Waals surface area contributed by atoms with E-state index >= 15 is 0 Å². The van der Waals surface area contributed by atoms with Gasteiger partial charge in [0.2, 0.25) is 0 Å². The maximum absolute atomic E-state index is 6.10. The summed E-state index contributed by atoms with van der Waals surface area (Å²) in [5, 5.41) is 3.53. The Morgan fingerprint density at radius 3 is 2.67 bits per heavy atom. The van der Waals surface area contributed by atoms with Crippen molar-refractivity contribution in [1.29, 1.82) is 0 Å². The Hall–Kier alpha value is -0.540. The molecule has 3 N–H and O–H groups in total. The molecule has 0 saturated heterocycles. The normalized spacial score (nSPS) is 26.3. The summed E-state index contributed by atoms with van der Waals surface area (Å²) in [5.41, 5.74) is 7.25. The Morgan fingerprint density at radius 2 is 1.93 bits per heavy atom. The molecule has 15 heavy (non-hydrogen) atoms. The molecule has 0 unspecified atom stereocenters. The van der Waals surface area contributed by atoms with E-state index in [4.69, 9.17) is 5.73 Å². The highest BCUT2D eigenvalue weighted by Gasteiger charge is 2.21. The van der Waals surface area contributed by atoms with E-state index in [1.165, 1.54) is 19.3 Å². The van der Waals surface area contributed by atoms with E-state index in [0.717, 1.165) is 16.6 Å². The number of hydrogen-bond donors (Lipinski definition) is 2. The van der Waals surface area contributed by atoms with Crippen molar-refractivity contribution in [2.45, 2.75) is 37.8 Å². The van der Waals surface area contributed by atoms with E-state index in [0.29, 0.717) is 12.1 Å². The van der Waals surface area contributed by atoms with Gasteiger partial charge in [-0.2, -0.15) is 0 Å². The molecule has 1 aromatic rings. The molecule has 82 valence electrons. The van der Waals surface area contributed by atoms with Gasteiger partial charge in [0.1, 0.15) is 0 Å². The maximum Gasteiger partial charge on any atom is 0.0487 e. The number of anilines is 1. The average Bonchev–Trinajstić information content (AvgIpc) is 2.24. The minimum absolute atomic E-state index is 0.297. The number of para-hydroxylation sites is 1. The predicted molar refractivity (Wildman–Crippen MR) is 68.0 cm³/mol. The van der Waals surface area contributed by atoms with Gasteiger partial charge in [-0.05, 0) is 40.9 Å². The van der Waals surface area contributed by atoms with Gasteiger partial charge in [0, 0.05) is 22.2 Å². The number of nitrogens with one attached hydrogen (secondary N) is 1. The number of hydrogen-bond acceptors (Lipinski definition) is 2. The van der Waals surface area contributed by atoms with Crippen LogP contribution in [0.3, 0.4) is 0 Å². The monoisotopic (exact) mass is 268 g/mol. The van der Waals surface area contributed by atoms with Crippen LogP contribution in [0.15, 0.2) is 28.7 Å². The van der Waals surface area contributed by atoms with Crippen LogP contribution in [-0.2, 0) is 0 Å². The summed E-state index contributed by atoms with van der Waals surface area (Å²) in [6.45, 7) is 0. The fourth-order valence-electron chi connectivity index (χ4n) is 2.12. The van der Waals surface area contributed by atoms with Crippen LogP contribution in [0.4, 0.5) is 5.69 Å². The lowest BCUT2D eigenvalue weighted by Gasteiger charge is -2.30. The second-order valence-corrected chi connectivity index (χ2v) is 5.03. The number of halogens is 1. The van der Waals surface area contributed by atoms with Crippen molar-refractivity contribution in [2.75, 3.05) is 5.32 Å². The lowest BCUT2D eigenvalue weighted by molar-refractivity contribution is 0.404. The van der Waals surface area contributed by atoms with Crippen LogP contribution < -0.4 is 11.1 Å². The second kappa shape index (κ2) is 4.99. The molecule has 0 radical (unpaired) electrons. The number of benzene rings is 1. The van der Waals surface area contributed by atoms with E-state index in [1.807, 2.05) is 12.1 Å². The van der Waals surface area contributed by atoms with Crippen LogP contribution in [0.25, 0.3) is 0 Å². The molecule has 2 rings (SSSR count). The topological polar surface area (TPSA) is 38.0 Å².